The number of aliphatic imine (C=N–C) groups is 2. The summed E-state index contributed by atoms with van der Waals surface area (Å²) in [6.45, 7) is 13.3. The molecule has 0 fully saturated rings. The maximum absolute atomic E-state index is 4.77. The minimum atomic E-state index is -1.96. The fraction of sp³-hybridized carbons (Fsp3) is 0.297. The second kappa shape index (κ2) is 18.5. The van der Waals surface area contributed by atoms with Gasteiger partial charge in [-0.1, -0.05) is 137 Å². The van der Waals surface area contributed by atoms with Crippen LogP contribution in [0.4, 0.5) is 0 Å². The Morgan fingerprint density at radius 1 is 0.568 bits per heavy atom. The summed E-state index contributed by atoms with van der Waals surface area (Å²) in [5.41, 5.74) is 0. The maximum atomic E-state index is 4.77. The molecule has 0 radical (unpaired) electrons. The molecule has 4 aromatic carbocycles. The molecular formula is C37H48N3P2S2+. The van der Waals surface area contributed by atoms with Crippen LogP contribution in [0, 0.1) is 0 Å². The van der Waals surface area contributed by atoms with Gasteiger partial charge in [-0.25, -0.2) is 0 Å². The van der Waals surface area contributed by atoms with E-state index in [-0.39, 0.29) is 0 Å². The van der Waals surface area contributed by atoms with Crippen molar-refractivity contribution in [3.8, 4) is 0 Å². The zero-order valence-corrected chi connectivity index (χ0v) is 30.8. The molecule has 0 saturated heterocycles. The molecule has 0 heterocycles. The van der Waals surface area contributed by atoms with Gasteiger partial charge in [0.2, 0.25) is 7.05 Å². The second-order valence-corrected chi connectivity index (χ2v) is 19.9. The SMILES string of the molecule is CN=C(SC(C)C)P(=[NH+]C(C)C)(c1ccccc1)c1ccccc1.CN=C(SC(C)C)P(c1ccccc1)c1ccccc1. The van der Waals surface area contributed by atoms with Gasteiger partial charge in [0, 0.05) is 43.1 Å². The molecule has 4 aromatic rings. The zero-order chi connectivity index (χ0) is 32.0. The van der Waals surface area contributed by atoms with Gasteiger partial charge in [0.15, 0.2) is 4.78 Å². The first-order valence-electron chi connectivity index (χ1n) is 15.2. The van der Waals surface area contributed by atoms with Crippen LogP contribution in [-0.2, 0) is 0 Å². The van der Waals surface area contributed by atoms with Crippen LogP contribution in [0.3, 0.4) is 0 Å². The Kier molecular flexibility index (Phi) is 15.2. The van der Waals surface area contributed by atoms with E-state index in [1.807, 2.05) is 37.6 Å². The van der Waals surface area contributed by atoms with Crippen LogP contribution in [0.15, 0.2) is 131 Å². The summed E-state index contributed by atoms with van der Waals surface area (Å²) in [6.07, 6.45) is 0. The lowest BCUT2D eigenvalue weighted by molar-refractivity contribution is -0.469. The highest BCUT2D eigenvalue weighted by Crippen LogP contribution is 2.47. The summed E-state index contributed by atoms with van der Waals surface area (Å²) in [7, 11) is 1.34. The van der Waals surface area contributed by atoms with Crippen molar-refractivity contribution in [3.05, 3.63) is 121 Å². The molecule has 4 rings (SSSR count). The molecule has 1 N–H and O–H groups in total. The topological polar surface area (TPSA) is 38.7 Å². The van der Waals surface area contributed by atoms with Crippen LogP contribution >= 0.6 is 38.5 Å². The van der Waals surface area contributed by atoms with E-state index >= 15 is 0 Å². The smallest absolute Gasteiger partial charge is 0.206 e. The van der Waals surface area contributed by atoms with Gasteiger partial charge in [-0.05, 0) is 48.7 Å². The van der Waals surface area contributed by atoms with E-state index < -0.39 is 15.0 Å². The number of benzene rings is 4. The predicted molar refractivity (Wildman–Crippen MR) is 206 cm³/mol. The Hall–Kier alpha value is -2.42. The van der Waals surface area contributed by atoms with Gasteiger partial charge in [-0.3, -0.25) is 14.7 Å². The van der Waals surface area contributed by atoms with Crippen LogP contribution in [0.2, 0.25) is 0 Å². The van der Waals surface area contributed by atoms with Crippen LogP contribution in [0.1, 0.15) is 41.5 Å². The molecule has 44 heavy (non-hydrogen) atoms. The Bertz CT molecular complexity index is 1420. The van der Waals surface area contributed by atoms with Crippen LogP contribution in [0.5, 0.6) is 0 Å². The standard InChI is InChI=1S/C20H27N2PS.C17H20NPS/c1-16(2)22-23(18-12-8-6-9-13-18,19-14-10-7-11-15-19)20(21-5)24-17(3)4;1-14(2)20-17(18-3)19(15-10-6-4-7-11-15)16-12-8-5-9-13-16/h6-17H,1-5H3;4-14H,1-3H3/p+1. The zero-order valence-electron chi connectivity index (χ0n) is 27.4. The lowest BCUT2D eigenvalue weighted by Gasteiger charge is -2.23. The highest BCUT2D eigenvalue weighted by atomic mass is 32.2. The van der Waals surface area contributed by atoms with Crippen molar-refractivity contribution in [2.45, 2.75) is 58.1 Å². The molecule has 7 heteroatoms. The van der Waals surface area contributed by atoms with Gasteiger partial charge in [0.05, 0.1) is 4.78 Å². The minimum Gasteiger partial charge on any atom is -0.281 e. The largest absolute Gasteiger partial charge is 0.281 e. The summed E-state index contributed by atoms with van der Waals surface area (Å²) in [5, 5.41) is 6.43. The predicted octanol–water partition coefficient (Wildman–Crippen LogP) is 7.70. The molecule has 232 valence electrons. The quantitative estimate of drug-likeness (QED) is 0.114. The van der Waals surface area contributed by atoms with Gasteiger partial charge >= 0.3 is 0 Å². The molecular weight excluding hydrogens is 613 g/mol. The molecule has 0 unspecified atom stereocenters. The fourth-order valence-electron chi connectivity index (χ4n) is 4.70. The van der Waals surface area contributed by atoms with Gasteiger partial charge in [-0.15, -0.1) is 11.8 Å². The van der Waals surface area contributed by atoms with Crippen LogP contribution in [-0.4, -0.2) is 40.2 Å². The van der Waals surface area contributed by atoms with Gasteiger partial charge in [-0.2, -0.15) is 0 Å². The molecule has 0 saturated carbocycles. The molecule has 0 aliphatic rings. The van der Waals surface area contributed by atoms with Crippen LogP contribution in [0.25, 0.3) is 0 Å². The van der Waals surface area contributed by atoms with Crippen molar-refractivity contribution in [1.29, 1.82) is 0 Å². The maximum Gasteiger partial charge on any atom is 0.206 e. The number of rotatable bonds is 9. The minimum absolute atomic E-state index is 0.364. The molecule has 0 spiro atoms. The lowest BCUT2D eigenvalue weighted by Crippen LogP contribution is -2.75. The summed E-state index contributed by atoms with van der Waals surface area (Å²) in [5.74, 6) is 0. The Morgan fingerprint density at radius 2 is 0.955 bits per heavy atom. The van der Waals surface area contributed by atoms with Crippen molar-refractivity contribution in [2.75, 3.05) is 14.1 Å². The summed E-state index contributed by atoms with van der Waals surface area (Å²) in [4.78, 5) is 11.8. The van der Waals surface area contributed by atoms with E-state index in [2.05, 4.69) is 173 Å². The number of nitrogens with one attached hydrogen (secondary N) is 1. The van der Waals surface area contributed by atoms with E-state index in [0.717, 1.165) is 0 Å². The Balaban J connectivity index is 0.000000244. The molecule has 0 amide bonds. The molecule has 0 bridgehead atoms. The first-order chi connectivity index (χ1) is 21.2. The first kappa shape index (κ1) is 36.1. The van der Waals surface area contributed by atoms with Crippen molar-refractivity contribution >= 4 is 69.3 Å². The van der Waals surface area contributed by atoms with Crippen molar-refractivity contribution < 1.29 is 4.74 Å². The van der Waals surface area contributed by atoms with E-state index in [1.54, 1.807) is 0 Å². The molecule has 0 aliphatic carbocycles. The Labute approximate surface area is 276 Å². The number of thioether (sulfide) groups is 2. The molecule has 0 atom stereocenters. The Morgan fingerprint density at radius 3 is 1.27 bits per heavy atom. The summed E-state index contributed by atoms with van der Waals surface area (Å²) < 4.78 is 3.94. The van der Waals surface area contributed by atoms with Gasteiger partial charge < -0.3 is 0 Å². The van der Waals surface area contributed by atoms with E-state index in [9.17, 15) is 0 Å². The third kappa shape index (κ3) is 10.0. The highest BCUT2D eigenvalue weighted by Gasteiger charge is 2.38. The second-order valence-electron chi connectivity index (χ2n) is 11.0. The average Bonchev–Trinajstić information content (AvgIpc) is 3.04. The van der Waals surface area contributed by atoms with E-state index in [0.29, 0.717) is 16.5 Å². The normalized spacial score (nSPS) is 12.5. The van der Waals surface area contributed by atoms with Crippen molar-refractivity contribution in [3.63, 3.8) is 0 Å². The van der Waals surface area contributed by atoms with E-state index in [1.165, 1.54) is 30.8 Å². The third-order valence-electron chi connectivity index (χ3n) is 6.31. The fourth-order valence-corrected chi connectivity index (χ4v) is 14.8. The number of nitrogens with zero attached hydrogens (tertiary/aromatic N) is 2. The number of hydrogen-bond donors (Lipinski definition) is 1. The van der Waals surface area contributed by atoms with Crippen LogP contribution < -0.4 is 26.0 Å². The van der Waals surface area contributed by atoms with Gasteiger partial charge in [0.25, 0.3) is 0 Å². The summed E-state index contributed by atoms with van der Waals surface area (Å²) >= 11 is 3.75. The molecule has 3 nitrogen and oxygen atoms in total. The van der Waals surface area contributed by atoms with E-state index in [4.69, 9.17) is 4.99 Å². The monoisotopic (exact) mass is 660 g/mol. The molecule has 0 aliphatic heterocycles. The first-order valence-corrected chi connectivity index (χ1v) is 20.1. The molecule has 0 aromatic heterocycles. The van der Waals surface area contributed by atoms with Gasteiger partial charge in [0.1, 0.15) is 6.04 Å². The highest BCUT2D eigenvalue weighted by molar-refractivity contribution is 8.30. The van der Waals surface area contributed by atoms with Crippen molar-refractivity contribution in [2.24, 2.45) is 9.98 Å². The summed E-state index contributed by atoms with van der Waals surface area (Å²) in [6, 6.07) is 43.4. The third-order valence-corrected chi connectivity index (χ3v) is 16.1. The average molecular weight is 661 g/mol. The number of hydrogen-bond acceptors (Lipinski definition) is 4. The lowest BCUT2D eigenvalue weighted by atomic mass is 10.4. The van der Waals surface area contributed by atoms with Crippen molar-refractivity contribution in [1.82, 2.24) is 0 Å².